The number of rotatable bonds is 1. The number of hydrogen-bond acceptors (Lipinski definition) is 7. The number of hydrogen-bond donors (Lipinski definition) is 1. The van der Waals surface area contributed by atoms with Crippen molar-refractivity contribution in [2.24, 2.45) is 5.41 Å². The van der Waals surface area contributed by atoms with Gasteiger partial charge in [-0.05, 0) is 71.9 Å². The second-order valence-corrected chi connectivity index (χ2v) is 9.87. The van der Waals surface area contributed by atoms with Gasteiger partial charge in [0.05, 0.1) is 25.0 Å². The van der Waals surface area contributed by atoms with Crippen LogP contribution in [0.3, 0.4) is 0 Å². The van der Waals surface area contributed by atoms with Crippen LogP contribution in [-0.4, -0.2) is 67.4 Å². The maximum Gasteiger partial charge on any atom is 0.410 e. The van der Waals surface area contributed by atoms with Crippen molar-refractivity contribution in [1.82, 2.24) is 15.2 Å². The van der Waals surface area contributed by atoms with Crippen molar-refractivity contribution < 1.29 is 23.8 Å². The lowest BCUT2D eigenvalue weighted by atomic mass is 9.75. The molecule has 0 aliphatic carbocycles. The van der Waals surface area contributed by atoms with E-state index in [0.717, 1.165) is 51.7 Å². The Kier molecular flexibility index (Phi) is 7.98. The van der Waals surface area contributed by atoms with Crippen molar-refractivity contribution in [2.45, 2.75) is 64.9 Å². The van der Waals surface area contributed by atoms with Crippen molar-refractivity contribution in [3.8, 4) is 5.88 Å². The number of aryl methyl sites for hydroxylation is 1. The van der Waals surface area contributed by atoms with Crippen LogP contribution in [0.15, 0.2) is 12.1 Å². The van der Waals surface area contributed by atoms with Gasteiger partial charge < -0.3 is 24.4 Å². The number of piperidine rings is 1. The zero-order valence-electron chi connectivity index (χ0n) is 19.9. The number of nitrogens with one attached hydrogen (secondary N) is 1. The first-order valence-corrected chi connectivity index (χ1v) is 11.6. The van der Waals surface area contributed by atoms with Crippen molar-refractivity contribution in [3.63, 3.8) is 0 Å². The summed E-state index contributed by atoms with van der Waals surface area (Å²) in [6.45, 7) is 9.30. The van der Waals surface area contributed by atoms with Crippen LogP contribution in [0.25, 0.3) is 0 Å². The minimum atomic E-state index is -0.508. The fourth-order valence-electron chi connectivity index (χ4n) is 4.53. The lowest BCUT2D eigenvalue weighted by molar-refractivity contribution is 0.00219. The molecule has 32 heavy (non-hydrogen) atoms. The molecule has 0 saturated carbocycles. The lowest BCUT2D eigenvalue weighted by Crippen LogP contribution is -2.51. The van der Waals surface area contributed by atoms with E-state index >= 15 is 0 Å². The molecule has 1 amide bonds. The number of aromatic nitrogens is 1. The first kappa shape index (κ1) is 24.3. The Bertz CT molecular complexity index is 807. The van der Waals surface area contributed by atoms with Crippen LogP contribution in [0.4, 0.5) is 4.79 Å². The third-order valence-corrected chi connectivity index (χ3v) is 6.04. The van der Waals surface area contributed by atoms with Gasteiger partial charge in [-0.1, -0.05) is 0 Å². The quantitative estimate of drug-likeness (QED) is 0.658. The van der Waals surface area contributed by atoms with E-state index < -0.39 is 5.60 Å². The van der Waals surface area contributed by atoms with E-state index in [2.05, 4.69) is 10.3 Å². The molecule has 1 atom stereocenters. The SMILES string of the molecule is COC(=O)c1ccc2nc1CCCC1(CCCN(C(=O)OC(C)(C)C)C1)CNCCCO2. The second kappa shape index (κ2) is 10.5. The number of nitrogens with zero attached hydrogens (tertiary/aromatic N) is 2. The summed E-state index contributed by atoms with van der Waals surface area (Å²) in [7, 11) is 1.38. The molecule has 3 rings (SSSR count). The number of esters is 1. The van der Waals surface area contributed by atoms with Gasteiger partial charge in [-0.2, -0.15) is 0 Å². The molecule has 2 aliphatic heterocycles. The predicted octanol–water partition coefficient (Wildman–Crippen LogP) is 3.58. The van der Waals surface area contributed by atoms with Crippen molar-refractivity contribution in [3.05, 3.63) is 23.4 Å². The van der Waals surface area contributed by atoms with Crippen LogP contribution in [0, 0.1) is 5.41 Å². The van der Waals surface area contributed by atoms with Crippen molar-refractivity contribution in [1.29, 1.82) is 0 Å². The molecule has 1 spiro atoms. The van der Waals surface area contributed by atoms with E-state index in [-0.39, 0.29) is 17.5 Å². The summed E-state index contributed by atoms with van der Waals surface area (Å²) in [5.74, 6) is 0.156. The average Bonchev–Trinajstić information content (AvgIpc) is 2.75. The third-order valence-electron chi connectivity index (χ3n) is 6.04. The number of carbonyl (C=O) groups is 2. The van der Waals surface area contributed by atoms with Gasteiger partial charge in [0.2, 0.25) is 5.88 Å². The summed E-state index contributed by atoms with van der Waals surface area (Å²) in [5, 5.41) is 3.58. The largest absolute Gasteiger partial charge is 0.478 e. The molecule has 0 radical (unpaired) electrons. The number of pyridine rings is 1. The van der Waals surface area contributed by atoms with E-state index in [9.17, 15) is 9.59 Å². The predicted molar refractivity (Wildman–Crippen MR) is 121 cm³/mol. The lowest BCUT2D eigenvalue weighted by Gasteiger charge is -2.43. The molecule has 1 fully saturated rings. The van der Waals surface area contributed by atoms with Crippen LogP contribution in [0.1, 0.15) is 68.9 Å². The number of amides is 1. The summed E-state index contributed by atoms with van der Waals surface area (Å²) in [6.07, 6.45) is 5.03. The Balaban J connectivity index is 1.77. The number of carbonyl (C=O) groups excluding carboxylic acids is 2. The Morgan fingerprint density at radius 3 is 2.72 bits per heavy atom. The van der Waals surface area contributed by atoms with Crippen LogP contribution in [-0.2, 0) is 15.9 Å². The molecule has 2 bridgehead atoms. The number of likely N-dealkylation sites (tertiary alicyclic amines) is 1. The Hall–Kier alpha value is -2.35. The minimum Gasteiger partial charge on any atom is -0.478 e. The monoisotopic (exact) mass is 447 g/mol. The van der Waals surface area contributed by atoms with Crippen molar-refractivity contribution >= 4 is 12.1 Å². The number of ether oxygens (including phenoxy) is 3. The Morgan fingerprint density at radius 1 is 1.19 bits per heavy atom. The molecule has 1 aromatic heterocycles. The zero-order chi connectivity index (χ0) is 23.2. The van der Waals surface area contributed by atoms with Crippen LogP contribution < -0.4 is 10.1 Å². The molecular weight excluding hydrogens is 410 g/mol. The van der Waals surface area contributed by atoms with Crippen LogP contribution in [0.2, 0.25) is 0 Å². The molecule has 1 unspecified atom stereocenters. The highest BCUT2D eigenvalue weighted by Crippen LogP contribution is 2.35. The smallest absolute Gasteiger partial charge is 0.410 e. The first-order chi connectivity index (χ1) is 15.2. The highest BCUT2D eigenvalue weighted by molar-refractivity contribution is 5.90. The summed E-state index contributed by atoms with van der Waals surface area (Å²) in [4.78, 5) is 31.4. The van der Waals surface area contributed by atoms with Crippen LogP contribution in [0.5, 0.6) is 5.88 Å². The standard InChI is InChI=1S/C24H37N3O5/c1-23(2,3)32-22(29)27-14-6-12-24(17-27)11-5-8-19-18(21(28)30-4)9-10-20(26-19)31-15-7-13-25-16-24/h9-10,25H,5-8,11-17H2,1-4H3. The molecule has 8 nitrogen and oxygen atoms in total. The molecule has 1 saturated heterocycles. The van der Waals surface area contributed by atoms with Crippen molar-refractivity contribution in [2.75, 3.05) is 39.9 Å². The molecule has 1 aromatic rings. The fourth-order valence-corrected chi connectivity index (χ4v) is 4.53. The van der Waals surface area contributed by atoms with E-state index in [1.807, 2.05) is 25.7 Å². The third kappa shape index (κ3) is 6.58. The summed E-state index contributed by atoms with van der Waals surface area (Å²) in [5.41, 5.74) is 0.649. The summed E-state index contributed by atoms with van der Waals surface area (Å²) in [6, 6.07) is 3.46. The minimum absolute atomic E-state index is 0.0346. The topological polar surface area (TPSA) is 90.0 Å². The first-order valence-electron chi connectivity index (χ1n) is 11.6. The summed E-state index contributed by atoms with van der Waals surface area (Å²) < 4.78 is 16.4. The van der Waals surface area contributed by atoms with Crippen LogP contribution >= 0.6 is 0 Å². The van der Waals surface area contributed by atoms with Gasteiger partial charge in [0.1, 0.15) is 5.60 Å². The second-order valence-electron chi connectivity index (χ2n) is 9.87. The maximum absolute atomic E-state index is 12.7. The molecule has 2 aliphatic rings. The maximum atomic E-state index is 12.7. The van der Waals surface area contributed by atoms with Gasteiger partial charge in [-0.25, -0.2) is 14.6 Å². The molecule has 1 N–H and O–H groups in total. The fraction of sp³-hybridized carbons (Fsp3) is 0.708. The molecular formula is C24H37N3O5. The Morgan fingerprint density at radius 2 is 1.97 bits per heavy atom. The molecule has 0 aromatic carbocycles. The number of methoxy groups -OCH3 is 1. The molecule has 178 valence electrons. The molecule has 3 heterocycles. The van der Waals surface area contributed by atoms with Gasteiger partial charge in [0, 0.05) is 31.1 Å². The van der Waals surface area contributed by atoms with Gasteiger partial charge >= 0.3 is 12.1 Å². The van der Waals surface area contributed by atoms with Gasteiger partial charge in [-0.3, -0.25) is 0 Å². The average molecular weight is 448 g/mol. The normalized spacial score (nSPS) is 22.7. The summed E-state index contributed by atoms with van der Waals surface area (Å²) >= 11 is 0. The van der Waals surface area contributed by atoms with Gasteiger partial charge in [0.15, 0.2) is 0 Å². The van der Waals surface area contributed by atoms with E-state index in [0.29, 0.717) is 36.7 Å². The van der Waals surface area contributed by atoms with E-state index in [4.69, 9.17) is 14.2 Å². The van der Waals surface area contributed by atoms with E-state index in [1.165, 1.54) is 7.11 Å². The van der Waals surface area contributed by atoms with Gasteiger partial charge in [0.25, 0.3) is 0 Å². The Labute approximate surface area is 191 Å². The van der Waals surface area contributed by atoms with Gasteiger partial charge in [-0.15, -0.1) is 0 Å². The number of fused-ring (bicyclic) bond motifs is 2. The molecule has 8 heteroatoms. The van der Waals surface area contributed by atoms with E-state index in [1.54, 1.807) is 12.1 Å². The zero-order valence-corrected chi connectivity index (χ0v) is 19.9. The highest BCUT2D eigenvalue weighted by Gasteiger charge is 2.38. The highest BCUT2D eigenvalue weighted by atomic mass is 16.6.